The van der Waals surface area contributed by atoms with E-state index in [2.05, 4.69) is 64.8 Å². The van der Waals surface area contributed by atoms with Gasteiger partial charge in [0, 0.05) is 39.8 Å². The van der Waals surface area contributed by atoms with Gasteiger partial charge in [0.1, 0.15) is 0 Å². The molecule has 1 aliphatic rings. The highest BCUT2D eigenvalue weighted by atomic mass is 127. The zero-order valence-electron chi connectivity index (χ0n) is 15.0. The van der Waals surface area contributed by atoms with Crippen molar-refractivity contribution >= 4 is 29.9 Å². The molecule has 0 saturated carbocycles. The van der Waals surface area contributed by atoms with Gasteiger partial charge in [-0.25, -0.2) is 0 Å². The van der Waals surface area contributed by atoms with Gasteiger partial charge < -0.3 is 20.3 Å². The monoisotopic (exact) mass is 446 g/mol. The average molecular weight is 446 g/mol. The minimum Gasteiger partial charge on any atom is -0.373 e. The summed E-state index contributed by atoms with van der Waals surface area (Å²) in [4.78, 5) is 6.58. The number of nitrogens with zero attached hydrogens (tertiary/aromatic N) is 2. The zero-order valence-corrected chi connectivity index (χ0v) is 17.4. The molecule has 136 valence electrons. The predicted octanol–water partition coefficient (Wildman–Crippen LogP) is 2.47. The highest BCUT2D eigenvalue weighted by Crippen LogP contribution is 2.23. The van der Waals surface area contributed by atoms with E-state index in [0.29, 0.717) is 0 Å². The highest BCUT2D eigenvalue weighted by molar-refractivity contribution is 14.0. The molecule has 1 saturated heterocycles. The number of ether oxygens (including phenoxy) is 1. The predicted molar refractivity (Wildman–Crippen MR) is 111 cm³/mol. The fourth-order valence-corrected chi connectivity index (χ4v) is 2.81. The molecule has 1 heterocycles. The molecule has 1 fully saturated rings. The molecule has 5 nitrogen and oxygen atoms in total. The standard InChI is InChI=1S/C18H30N4O.HI/c1-18(10-7-13-23-18)15-21-17(19-2)20-11-12-22(3)14-16-8-5-4-6-9-16;/h4-6,8-9H,7,10-15H2,1-3H3,(H2,19,20,21);1H. The normalized spacial score (nSPS) is 20.8. The topological polar surface area (TPSA) is 48.9 Å². The highest BCUT2D eigenvalue weighted by Gasteiger charge is 2.29. The first-order chi connectivity index (χ1) is 11.1. The van der Waals surface area contributed by atoms with E-state index in [1.165, 1.54) is 5.56 Å². The maximum Gasteiger partial charge on any atom is 0.191 e. The molecule has 1 aliphatic heterocycles. The lowest BCUT2D eigenvalue weighted by molar-refractivity contribution is 0.0243. The Morgan fingerprint density at radius 3 is 2.67 bits per heavy atom. The van der Waals surface area contributed by atoms with E-state index in [4.69, 9.17) is 4.74 Å². The van der Waals surface area contributed by atoms with Crippen molar-refractivity contribution in [2.24, 2.45) is 4.99 Å². The second-order valence-electron chi connectivity index (χ2n) is 6.48. The van der Waals surface area contributed by atoms with Crippen LogP contribution in [0.2, 0.25) is 0 Å². The summed E-state index contributed by atoms with van der Waals surface area (Å²) in [5.74, 6) is 0.842. The van der Waals surface area contributed by atoms with Crippen molar-refractivity contribution in [2.75, 3.05) is 40.3 Å². The van der Waals surface area contributed by atoms with Crippen LogP contribution in [-0.4, -0.2) is 56.8 Å². The molecule has 1 unspecified atom stereocenters. The number of nitrogens with one attached hydrogen (secondary N) is 2. The van der Waals surface area contributed by atoms with E-state index in [9.17, 15) is 0 Å². The SMILES string of the molecule is CN=C(NCCN(C)Cc1ccccc1)NCC1(C)CCCO1.I. The second kappa shape index (κ2) is 10.9. The largest absolute Gasteiger partial charge is 0.373 e. The van der Waals surface area contributed by atoms with E-state index >= 15 is 0 Å². The zero-order chi connectivity index (χ0) is 16.5. The van der Waals surface area contributed by atoms with Crippen molar-refractivity contribution in [3.8, 4) is 0 Å². The third-order valence-corrected chi connectivity index (χ3v) is 4.24. The summed E-state index contributed by atoms with van der Waals surface area (Å²) in [6.07, 6.45) is 2.26. The first kappa shape index (κ1) is 21.2. The van der Waals surface area contributed by atoms with Gasteiger partial charge in [0.25, 0.3) is 0 Å². The average Bonchev–Trinajstić information content (AvgIpc) is 2.98. The van der Waals surface area contributed by atoms with Gasteiger partial charge in [0.2, 0.25) is 0 Å². The number of hydrogen-bond acceptors (Lipinski definition) is 3. The van der Waals surface area contributed by atoms with Gasteiger partial charge in [-0.05, 0) is 32.4 Å². The molecule has 2 rings (SSSR count). The Labute approximate surface area is 163 Å². The molecule has 2 N–H and O–H groups in total. The number of aliphatic imine (C=N–C) groups is 1. The first-order valence-corrected chi connectivity index (χ1v) is 8.42. The van der Waals surface area contributed by atoms with Gasteiger partial charge in [-0.3, -0.25) is 4.99 Å². The van der Waals surface area contributed by atoms with E-state index in [1.807, 2.05) is 0 Å². The molecular formula is C18H31IN4O. The van der Waals surface area contributed by atoms with Crippen molar-refractivity contribution in [1.82, 2.24) is 15.5 Å². The molecule has 24 heavy (non-hydrogen) atoms. The number of halogens is 1. The fraction of sp³-hybridized carbons (Fsp3) is 0.611. The van der Waals surface area contributed by atoms with Crippen LogP contribution >= 0.6 is 24.0 Å². The van der Waals surface area contributed by atoms with Crippen molar-refractivity contribution in [2.45, 2.75) is 31.9 Å². The maximum atomic E-state index is 5.79. The number of guanidine groups is 1. The summed E-state index contributed by atoms with van der Waals surface area (Å²) < 4.78 is 5.79. The molecule has 0 radical (unpaired) electrons. The minimum atomic E-state index is -0.0538. The third kappa shape index (κ3) is 7.36. The van der Waals surface area contributed by atoms with Crippen LogP contribution in [0, 0.1) is 0 Å². The molecular weight excluding hydrogens is 415 g/mol. The first-order valence-electron chi connectivity index (χ1n) is 8.42. The van der Waals surface area contributed by atoms with Crippen molar-refractivity contribution < 1.29 is 4.74 Å². The Bertz CT molecular complexity index is 489. The fourth-order valence-electron chi connectivity index (χ4n) is 2.81. The van der Waals surface area contributed by atoms with E-state index in [1.54, 1.807) is 7.05 Å². The van der Waals surface area contributed by atoms with Crippen LogP contribution in [-0.2, 0) is 11.3 Å². The summed E-state index contributed by atoms with van der Waals surface area (Å²) in [5.41, 5.74) is 1.28. The molecule has 1 atom stereocenters. The second-order valence-corrected chi connectivity index (χ2v) is 6.48. The minimum absolute atomic E-state index is 0. The van der Waals surface area contributed by atoms with Crippen LogP contribution in [0.5, 0.6) is 0 Å². The van der Waals surface area contributed by atoms with E-state index in [0.717, 1.165) is 51.6 Å². The van der Waals surface area contributed by atoms with Crippen LogP contribution in [0.25, 0.3) is 0 Å². The molecule has 0 amide bonds. The van der Waals surface area contributed by atoms with Gasteiger partial charge in [-0.2, -0.15) is 0 Å². The lowest BCUT2D eigenvalue weighted by Gasteiger charge is -2.25. The number of hydrogen-bond donors (Lipinski definition) is 2. The molecule has 0 aliphatic carbocycles. The summed E-state index contributed by atoms with van der Waals surface area (Å²) in [5, 5.41) is 6.74. The van der Waals surface area contributed by atoms with Crippen molar-refractivity contribution in [3.05, 3.63) is 35.9 Å². The van der Waals surface area contributed by atoms with Gasteiger partial charge in [-0.1, -0.05) is 30.3 Å². The van der Waals surface area contributed by atoms with Gasteiger partial charge in [-0.15, -0.1) is 24.0 Å². The summed E-state index contributed by atoms with van der Waals surface area (Å²) in [6, 6.07) is 10.5. The molecule has 1 aromatic rings. The summed E-state index contributed by atoms with van der Waals surface area (Å²) >= 11 is 0. The van der Waals surface area contributed by atoms with Crippen molar-refractivity contribution in [3.63, 3.8) is 0 Å². The van der Waals surface area contributed by atoms with Crippen LogP contribution in [0.15, 0.2) is 35.3 Å². The Kier molecular flexibility index (Phi) is 9.61. The Balaban J connectivity index is 0.00000288. The molecule has 0 aromatic heterocycles. The molecule has 0 spiro atoms. The summed E-state index contributed by atoms with van der Waals surface area (Å²) in [7, 11) is 3.94. The molecule has 0 bridgehead atoms. The van der Waals surface area contributed by atoms with Gasteiger partial charge >= 0.3 is 0 Å². The maximum absolute atomic E-state index is 5.79. The van der Waals surface area contributed by atoms with E-state index < -0.39 is 0 Å². The summed E-state index contributed by atoms with van der Waals surface area (Å²) in [6.45, 7) is 6.61. The van der Waals surface area contributed by atoms with Gasteiger partial charge in [0.15, 0.2) is 5.96 Å². The van der Waals surface area contributed by atoms with Gasteiger partial charge in [0.05, 0.1) is 5.60 Å². The van der Waals surface area contributed by atoms with Crippen LogP contribution in [0.1, 0.15) is 25.3 Å². The smallest absolute Gasteiger partial charge is 0.191 e. The van der Waals surface area contributed by atoms with Crippen LogP contribution < -0.4 is 10.6 Å². The lowest BCUT2D eigenvalue weighted by atomic mass is 10.0. The third-order valence-electron chi connectivity index (χ3n) is 4.24. The van der Waals surface area contributed by atoms with E-state index in [-0.39, 0.29) is 29.6 Å². The number of likely N-dealkylation sites (N-methyl/N-ethyl adjacent to an activating group) is 1. The Hall–Kier alpha value is -0.860. The van der Waals surface area contributed by atoms with Crippen LogP contribution in [0.3, 0.4) is 0 Å². The molecule has 6 heteroatoms. The molecule has 1 aromatic carbocycles. The number of benzene rings is 1. The van der Waals surface area contributed by atoms with Crippen LogP contribution in [0.4, 0.5) is 0 Å². The Morgan fingerprint density at radius 1 is 1.29 bits per heavy atom. The number of rotatable bonds is 7. The Morgan fingerprint density at radius 2 is 2.04 bits per heavy atom. The van der Waals surface area contributed by atoms with Crippen molar-refractivity contribution in [1.29, 1.82) is 0 Å². The quantitative estimate of drug-likeness (QED) is 0.384. The lowest BCUT2D eigenvalue weighted by Crippen LogP contribution is -2.46.